The first-order chi connectivity index (χ1) is 9.24. The Labute approximate surface area is 123 Å². The van der Waals surface area contributed by atoms with Crippen LogP contribution in [0.15, 0.2) is 17.0 Å². The minimum atomic E-state index is -0.276. The van der Waals surface area contributed by atoms with Crippen LogP contribution in [0.3, 0.4) is 0 Å². The average molecular weight is 293 g/mol. The predicted molar refractivity (Wildman–Crippen MR) is 79.5 cm³/mol. The van der Waals surface area contributed by atoms with Crippen molar-refractivity contribution in [1.29, 1.82) is 0 Å². The summed E-state index contributed by atoms with van der Waals surface area (Å²) in [6.45, 7) is 0. The van der Waals surface area contributed by atoms with E-state index in [1.54, 1.807) is 0 Å². The standard InChI is InChI=1S/C16H17ClOS/c17-16(18)13-8-7-12(9-1-2-9)15(19-11-5-6-11)14(13)10-3-4-10/h7-11H,1-6H2. The van der Waals surface area contributed by atoms with Crippen LogP contribution >= 0.6 is 23.4 Å². The summed E-state index contributed by atoms with van der Waals surface area (Å²) in [7, 11) is 0. The quantitative estimate of drug-likeness (QED) is 0.704. The smallest absolute Gasteiger partial charge is 0.252 e. The fourth-order valence-corrected chi connectivity index (χ4v) is 4.41. The van der Waals surface area contributed by atoms with Crippen molar-refractivity contribution in [2.45, 2.75) is 60.5 Å². The van der Waals surface area contributed by atoms with Gasteiger partial charge in [0.2, 0.25) is 0 Å². The second kappa shape index (κ2) is 4.53. The Hall–Kier alpha value is -0.470. The fourth-order valence-electron chi connectivity index (χ4n) is 2.77. The number of halogens is 1. The zero-order valence-corrected chi connectivity index (χ0v) is 12.4. The van der Waals surface area contributed by atoms with Gasteiger partial charge in [0.15, 0.2) is 0 Å². The molecule has 4 rings (SSSR count). The molecule has 1 nitrogen and oxygen atoms in total. The molecule has 3 heteroatoms. The monoisotopic (exact) mass is 292 g/mol. The van der Waals surface area contributed by atoms with Gasteiger partial charge in [0.05, 0.1) is 0 Å². The molecule has 0 unspecified atom stereocenters. The van der Waals surface area contributed by atoms with Gasteiger partial charge in [-0.15, -0.1) is 11.8 Å². The first-order valence-electron chi connectivity index (χ1n) is 7.27. The summed E-state index contributed by atoms with van der Waals surface area (Å²) in [5.41, 5.74) is 3.57. The van der Waals surface area contributed by atoms with Gasteiger partial charge in [-0.3, -0.25) is 4.79 Å². The van der Waals surface area contributed by atoms with Crippen LogP contribution in [-0.2, 0) is 0 Å². The lowest BCUT2D eigenvalue weighted by atomic mass is 9.98. The van der Waals surface area contributed by atoms with Crippen molar-refractivity contribution in [3.05, 3.63) is 28.8 Å². The van der Waals surface area contributed by atoms with Crippen molar-refractivity contribution >= 4 is 28.6 Å². The van der Waals surface area contributed by atoms with E-state index < -0.39 is 0 Å². The first kappa shape index (κ1) is 12.3. The summed E-state index contributed by atoms with van der Waals surface area (Å²) < 4.78 is 0. The molecular weight excluding hydrogens is 276 g/mol. The van der Waals surface area contributed by atoms with E-state index in [4.69, 9.17) is 11.6 Å². The van der Waals surface area contributed by atoms with Gasteiger partial charge in [-0.05, 0) is 79.2 Å². The number of rotatable bonds is 5. The topological polar surface area (TPSA) is 17.1 Å². The fraction of sp³-hybridized carbons (Fsp3) is 0.562. The average Bonchev–Trinajstić information content (AvgIpc) is 3.26. The number of benzene rings is 1. The minimum absolute atomic E-state index is 0.276. The molecule has 1 aromatic rings. The third kappa shape index (κ3) is 2.45. The molecule has 19 heavy (non-hydrogen) atoms. The highest BCUT2D eigenvalue weighted by Gasteiger charge is 2.37. The van der Waals surface area contributed by atoms with Gasteiger partial charge in [-0.1, -0.05) is 6.07 Å². The third-order valence-electron chi connectivity index (χ3n) is 4.25. The summed E-state index contributed by atoms with van der Waals surface area (Å²) in [6, 6.07) is 4.15. The van der Waals surface area contributed by atoms with Crippen molar-refractivity contribution in [3.8, 4) is 0 Å². The van der Waals surface area contributed by atoms with Crippen LogP contribution in [0.1, 0.15) is 71.8 Å². The molecule has 0 radical (unpaired) electrons. The Balaban J connectivity index is 1.83. The predicted octanol–water partition coefficient (Wildman–Crippen LogP) is 5.07. The molecular formula is C16H17ClOS. The highest BCUT2D eigenvalue weighted by molar-refractivity contribution is 8.00. The summed E-state index contributed by atoms with van der Waals surface area (Å²) in [5, 5.41) is 0.512. The largest absolute Gasteiger partial charge is 0.276 e. The SMILES string of the molecule is O=C(Cl)c1ccc(C2CC2)c(SC2CC2)c1C1CC1. The van der Waals surface area contributed by atoms with Crippen LogP contribution in [0.2, 0.25) is 0 Å². The van der Waals surface area contributed by atoms with E-state index in [-0.39, 0.29) is 5.24 Å². The van der Waals surface area contributed by atoms with Gasteiger partial charge in [-0.25, -0.2) is 0 Å². The number of thioether (sulfide) groups is 1. The van der Waals surface area contributed by atoms with Gasteiger partial charge < -0.3 is 0 Å². The van der Waals surface area contributed by atoms with Crippen molar-refractivity contribution in [2.75, 3.05) is 0 Å². The summed E-state index contributed by atoms with van der Waals surface area (Å²) in [5.74, 6) is 1.34. The van der Waals surface area contributed by atoms with Crippen molar-refractivity contribution in [1.82, 2.24) is 0 Å². The van der Waals surface area contributed by atoms with Crippen LogP contribution in [0.25, 0.3) is 0 Å². The Kier molecular flexibility index (Phi) is 2.93. The Morgan fingerprint density at radius 2 is 1.74 bits per heavy atom. The molecule has 0 bridgehead atoms. The molecule has 0 aromatic heterocycles. The van der Waals surface area contributed by atoms with E-state index in [1.165, 1.54) is 54.5 Å². The van der Waals surface area contributed by atoms with E-state index in [0.717, 1.165) is 16.7 Å². The molecule has 0 N–H and O–H groups in total. The van der Waals surface area contributed by atoms with Crippen LogP contribution in [0, 0.1) is 0 Å². The van der Waals surface area contributed by atoms with Gasteiger partial charge in [0.1, 0.15) is 0 Å². The van der Waals surface area contributed by atoms with Crippen LogP contribution in [0.4, 0.5) is 0 Å². The second-order valence-electron chi connectivity index (χ2n) is 6.08. The molecule has 3 saturated carbocycles. The van der Waals surface area contributed by atoms with Crippen molar-refractivity contribution in [2.24, 2.45) is 0 Å². The van der Waals surface area contributed by atoms with E-state index in [0.29, 0.717) is 5.92 Å². The molecule has 3 fully saturated rings. The van der Waals surface area contributed by atoms with Crippen LogP contribution in [0.5, 0.6) is 0 Å². The minimum Gasteiger partial charge on any atom is -0.276 e. The second-order valence-corrected chi connectivity index (χ2v) is 7.74. The molecule has 3 aliphatic carbocycles. The lowest BCUT2D eigenvalue weighted by Crippen LogP contribution is -2.02. The number of hydrogen-bond donors (Lipinski definition) is 0. The summed E-state index contributed by atoms with van der Waals surface area (Å²) in [6.07, 6.45) is 7.75. The lowest BCUT2D eigenvalue weighted by Gasteiger charge is -2.16. The molecule has 1 aromatic carbocycles. The zero-order chi connectivity index (χ0) is 13.0. The zero-order valence-electron chi connectivity index (χ0n) is 10.8. The van der Waals surface area contributed by atoms with Crippen molar-refractivity contribution < 1.29 is 4.79 Å². The van der Waals surface area contributed by atoms with Crippen LogP contribution in [-0.4, -0.2) is 10.5 Å². The first-order valence-corrected chi connectivity index (χ1v) is 8.53. The molecule has 0 heterocycles. The third-order valence-corrected chi connectivity index (χ3v) is 5.95. The van der Waals surface area contributed by atoms with Gasteiger partial charge in [0, 0.05) is 15.7 Å². The van der Waals surface area contributed by atoms with E-state index in [1.807, 2.05) is 17.8 Å². The molecule has 0 saturated heterocycles. The van der Waals surface area contributed by atoms with Crippen molar-refractivity contribution in [3.63, 3.8) is 0 Å². The highest BCUT2D eigenvalue weighted by Crippen LogP contribution is 2.54. The molecule has 0 aliphatic heterocycles. The molecule has 100 valence electrons. The molecule has 0 amide bonds. The Morgan fingerprint density at radius 1 is 1.05 bits per heavy atom. The van der Waals surface area contributed by atoms with E-state index >= 15 is 0 Å². The van der Waals surface area contributed by atoms with E-state index in [2.05, 4.69) is 6.07 Å². The maximum absolute atomic E-state index is 11.7. The van der Waals surface area contributed by atoms with Gasteiger partial charge in [0.25, 0.3) is 5.24 Å². The summed E-state index contributed by atoms with van der Waals surface area (Å²) >= 11 is 7.82. The Bertz CT molecular complexity index is 542. The summed E-state index contributed by atoms with van der Waals surface area (Å²) in [4.78, 5) is 13.1. The normalized spacial score (nSPS) is 22.6. The number of hydrogen-bond acceptors (Lipinski definition) is 2. The van der Waals surface area contributed by atoms with Gasteiger partial charge in [-0.2, -0.15) is 0 Å². The molecule has 3 aliphatic rings. The Morgan fingerprint density at radius 3 is 2.26 bits per heavy atom. The highest BCUT2D eigenvalue weighted by atomic mass is 35.5. The van der Waals surface area contributed by atoms with E-state index in [9.17, 15) is 4.79 Å². The van der Waals surface area contributed by atoms with Crippen LogP contribution < -0.4 is 0 Å². The maximum Gasteiger partial charge on any atom is 0.252 e. The lowest BCUT2D eigenvalue weighted by molar-refractivity contribution is 0.108. The maximum atomic E-state index is 11.7. The van der Waals surface area contributed by atoms with Gasteiger partial charge >= 0.3 is 0 Å². The number of carbonyl (C=O) groups excluding carboxylic acids is 1. The number of carbonyl (C=O) groups is 1. The molecule has 0 spiro atoms. The molecule has 0 atom stereocenters.